The molecule has 0 atom stereocenters. The van der Waals surface area contributed by atoms with Gasteiger partial charge in [-0.2, -0.15) is 0 Å². The molecule has 2 N–H and O–H groups in total. The number of rotatable bonds is 6. The van der Waals surface area contributed by atoms with Crippen LogP contribution in [0, 0.1) is 5.92 Å². The molecule has 0 radical (unpaired) electrons. The van der Waals surface area contributed by atoms with Crippen LogP contribution in [-0.4, -0.2) is 18.4 Å². The minimum absolute atomic E-state index is 0.148. The summed E-state index contributed by atoms with van der Waals surface area (Å²) in [6, 6.07) is 11.5. The average molecular weight is 379 g/mol. The van der Waals surface area contributed by atoms with E-state index >= 15 is 0 Å². The van der Waals surface area contributed by atoms with Crippen molar-refractivity contribution in [1.29, 1.82) is 0 Å². The highest BCUT2D eigenvalue weighted by atomic mass is 35.5. The van der Waals surface area contributed by atoms with Crippen molar-refractivity contribution in [1.82, 2.24) is 5.32 Å². The number of carbonyl (C=O) groups excluding carboxylic acids is 2. The van der Waals surface area contributed by atoms with Crippen molar-refractivity contribution in [3.8, 4) is 0 Å². The highest BCUT2D eigenvalue weighted by molar-refractivity contribution is 6.44. The molecule has 0 saturated heterocycles. The molecule has 2 rings (SSSR count). The van der Waals surface area contributed by atoms with E-state index in [4.69, 9.17) is 23.2 Å². The smallest absolute Gasteiger partial charge is 0.255 e. The Kier molecular flexibility index (Phi) is 6.85. The first kappa shape index (κ1) is 19.3. The summed E-state index contributed by atoms with van der Waals surface area (Å²) in [7, 11) is 0. The molecule has 6 heteroatoms. The first-order valence-electron chi connectivity index (χ1n) is 8.02. The van der Waals surface area contributed by atoms with Gasteiger partial charge in [-0.3, -0.25) is 9.59 Å². The van der Waals surface area contributed by atoms with E-state index in [9.17, 15) is 9.59 Å². The molecule has 25 heavy (non-hydrogen) atoms. The maximum atomic E-state index is 12.3. The second kappa shape index (κ2) is 8.88. The first-order chi connectivity index (χ1) is 11.9. The molecule has 0 spiro atoms. The Morgan fingerprint density at radius 1 is 0.960 bits per heavy atom. The first-order valence-corrected chi connectivity index (χ1v) is 8.77. The largest absolute Gasteiger partial charge is 0.352 e. The van der Waals surface area contributed by atoms with Crippen LogP contribution in [0.4, 0.5) is 5.69 Å². The fraction of sp³-hybridized carbons (Fsp3) is 0.263. The van der Waals surface area contributed by atoms with Gasteiger partial charge in [0.2, 0.25) is 0 Å². The van der Waals surface area contributed by atoms with Crippen LogP contribution >= 0.6 is 23.2 Å². The lowest BCUT2D eigenvalue weighted by molar-refractivity contribution is 0.0950. The standard InChI is InChI=1S/C19H20Cl2N2O2/c1-12(2)10-11-22-18(24)13-6-8-14(9-7-13)19(25)23-16-5-3-4-15(20)17(16)21/h3-9,12H,10-11H2,1-2H3,(H,22,24)(H,23,25). The molecule has 0 aliphatic rings. The Labute approximate surface area is 157 Å². The molecular weight excluding hydrogens is 359 g/mol. The third-order valence-corrected chi connectivity index (χ3v) is 4.44. The van der Waals surface area contributed by atoms with E-state index in [1.807, 2.05) is 0 Å². The fourth-order valence-electron chi connectivity index (χ4n) is 2.14. The summed E-state index contributed by atoms with van der Waals surface area (Å²) in [6.07, 6.45) is 0.923. The highest BCUT2D eigenvalue weighted by Gasteiger charge is 2.11. The number of benzene rings is 2. The minimum Gasteiger partial charge on any atom is -0.352 e. The van der Waals surface area contributed by atoms with Gasteiger partial charge in [0.05, 0.1) is 15.7 Å². The van der Waals surface area contributed by atoms with E-state index in [-0.39, 0.29) is 11.8 Å². The van der Waals surface area contributed by atoms with E-state index in [1.54, 1.807) is 42.5 Å². The van der Waals surface area contributed by atoms with Gasteiger partial charge in [-0.05, 0) is 48.7 Å². The van der Waals surface area contributed by atoms with Gasteiger partial charge < -0.3 is 10.6 Å². The summed E-state index contributed by atoms with van der Waals surface area (Å²) in [5.41, 5.74) is 1.38. The second-order valence-electron chi connectivity index (χ2n) is 6.07. The van der Waals surface area contributed by atoms with Gasteiger partial charge in [0.1, 0.15) is 0 Å². The zero-order valence-corrected chi connectivity index (χ0v) is 15.6. The van der Waals surface area contributed by atoms with Crippen molar-refractivity contribution in [2.45, 2.75) is 20.3 Å². The monoisotopic (exact) mass is 378 g/mol. The van der Waals surface area contributed by atoms with Crippen molar-refractivity contribution in [2.24, 2.45) is 5.92 Å². The lowest BCUT2D eigenvalue weighted by atomic mass is 10.1. The second-order valence-corrected chi connectivity index (χ2v) is 6.86. The van der Waals surface area contributed by atoms with E-state index in [1.165, 1.54) is 0 Å². The van der Waals surface area contributed by atoms with Gasteiger partial charge in [-0.15, -0.1) is 0 Å². The van der Waals surface area contributed by atoms with Crippen molar-refractivity contribution < 1.29 is 9.59 Å². The number of carbonyl (C=O) groups is 2. The molecule has 0 aromatic heterocycles. The molecule has 2 aromatic rings. The molecule has 2 amide bonds. The predicted octanol–water partition coefficient (Wildman–Crippen LogP) is 5.02. The normalized spacial score (nSPS) is 10.6. The number of halogens is 2. The van der Waals surface area contributed by atoms with Crippen molar-refractivity contribution >= 4 is 40.7 Å². The summed E-state index contributed by atoms with van der Waals surface area (Å²) in [4.78, 5) is 24.3. The Hall–Kier alpha value is -2.04. The maximum Gasteiger partial charge on any atom is 0.255 e. The van der Waals surface area contributed by atoms with E-state index in [0.29, 0.717) is 39.3 Å². The Bertz CT molecular complexity index is 759. The Morgan fingerprint density at radius 2 is 1.56 bits per heavy atom. The van der Waals surface area contributed by atoms with Gasteiger partial charge in [0, 0.05) is 17.7 Å². The van der Waals surface area contributed by atoms with Crippen LogP contribution in [0.25, 0.3) is 0 Å². The quantitative estimate of drug-likeness (QED) is 0.740. The summed E-state index contributed by atoms with van der Waals surface area (Å²) < 4.78 is 0. The zero-order chi connectivity index (χ0) is 18.4. The predicted molar refractivity (Wildman–Crippen MR) is 103 cm³/mol. The summed E-state index contributed by atoms with van der Waals surface area (Å²) >= 11 is 12.0. The van der Waals surface area contributed by atoms with Crippen LogP contribution in [0.2, 0.25) is 10.0 Å². The highest BCUT2D eigenvalue weighted by Crippen LogP contribution is 2.29. The van der Waals surface area contributed by atoms with Gasteiger partial charge in [-0.1, -0.05) is 43.1 Å². The molecule has 0 saturated carbocycles. The number of nitrogens with one attached hydrogen (secondary N) is 2. The van der Waals surface area contributed by atoms with Crippen LogP contribution in [0.1, 0.15) is 41.0 Å². The number of amides is 2. The van der Waals surface area contributed by atoms with Gasteiger partial charge >= 0.3 is 0 Å². The number of anilines is 1. The topological polar surface area (TPSA) is 58.2 Å². The SMILES string of the molecule is CC(C)CCNC(=O)c1ccc(C(=O)Nc2cccc(Cl)c2Cl)cc1. The van der Waals surface area contributed by atoms with E-state index in [0.717, 1.165) is 6.42 Å². The molecule has 0 aliphatic carbocycles. The van der Waals surface area contributed by atoms with Gasteiger partial charge in [0.15, 0.2) is 0 Å². The molecule has 0 bridgehead atoms. The molecule has 0 aliphatic heterocycles. The molecule has 2 aromatic carbocycles. The summed E-state index contributed by atoms with van der Waals surface area (Å²) in [5.74, 6) is 0.0612. The van der Waals surface area contributed by atoms with Crippen molar-refractivity contribution in [3.05, 3.63) is 63.6 Å². The minimum atomic E-state index is -0.323. The van der Waals surface area contributed by atoms with Crippen LogP contribution in [-0.2, 0) is 0 Å². The molecule has 132 valence electrons. The third-order valence-electron chi connectivity index (χ3n) is 3.62. The third kappa shape index (κ3) is 5.48. The Balaban J connectivity index is 2.00. The molecule has 0 unspecified atom stereocenters. The summed E-state index contributed by atoms with van der Waals surface area (Å²) in [6.45, 7) is 4.84. The van der Waals surface area contributed by atoms with E-state index in [2.05, 4.69) is 24.5 Å². The van der Waals surface area contributed by atoms with Crippen molar-refractivity contribution in [2.75, 3.05) is 11.9 Å². The lowest BCUT2D eigenvalue weighted by Crippen LogP contribution is -2.25. The molecule has 0 heterocycles. The molecular formula is C19H20Cl2N2O2. The number of hydrogen-bond donors (Lipinski definition) is 2. The van der Waals surface area contributed by atoms with Crippen LogP contribution in [0.3, 0.4) is 0 Å². The Morgan fingerprint density at radius 3 is 2.16 bits per heavy atom. The van der Waals surface area contributed by atoms with Gasteiger partial charge in [-0.25, -0.2) is 0 Å². The molecule has 4 nitrogen and oxygen atoms in total. The van der Waals surface area contributed by atoms with Crippen LogP contribution < -0.4 is 10.6 Å². The van der Waals surface area contributed by atoms with Crippen molar-refractivity contribution in [3.63, 3.8) is 0 Å². The van der Waals surface area contributed by atoms with Crippen LogP contribution in [0.15, 0.2) is 42.5 Å². The fourth-order valence-corrected chi connectivity index (χ4v) is 2.49. The number of hydrogen-bond acceptors (Lipinski definition) is 2. The van der Waals surface area contributed by atoms with Gasteiger partial charge in [0.25, 0.3) is 11.8 Å². The summed E-state index contributed by atoms with van der Waals surface area (Å²) in [5, 5.41) is 6.23. The maximum absolute atomic E-state index is 12.3. The lowest BCUT2D eigenvalue weighted by Gasteiger charge is -2.09. The average Bonchev–Trinajstić information content (AvgIpc) is 2.58. The van der Waals surface area contributed by atoms with E-state index < -0.39 is 0 Å². The molecule has 0 fully saturated rings. The van der Waals surface area contributed by atoms with Crippen LogP contribution in [0.5, 0.6) is 0 Å². The zero-order valence-electron chi connectivity index (χ0n) is 14.1.